The van der Waals surface area contributed by atoms with E-state index in [-0.39, 0.29) is 6.10 Å². The fourth-order valence-corrected chi connectivity index (χ4v) is 3.17. The standard InChI is InChI=1S/C16H24O/c1-12-7-6-10-15(11-12)13(2)16(17)14-8-4-3-5-9-14/h3-5,8-9,12-13,15-17H,6-7,10-11H2,1-2H3. The molecule has 0 radical (unpaired) electrons. The summed E-state index contributed by atoms with van der Waals surface area (Å²) in [5.74, 6) is 1.90. The molecule has 1 aliphatic carbocycles. The summed E-state index contributed by atoms with van der Waals surface area (Å²) in [6.07, 6.45) is 4.97. The Labute approximate surface area is 105 Å². The molecule has 0 bridgehead atoms. The number of hydrogen-bond acceptors (Lipinski definition) is 1. The van der Waals surface area contributed by atoms with Gasteiger partial charge in [0.15, 0.2) is 0 Å². The molecule has 4 unspecified atom stereocenters. The smallest absolute Gasteiger partial charge is 0.0818 e. The Hall–Kier alpha value is -0.820. The Morgan fingerprint density at radius 1 is 1.18 bits per heavy atom. The lowest BCUT2D eigenvalue weighted by molar-refractivity contribution is 0.0602. The van der Waals surface area contributed by atoms with Gasteiger partial charge in [-0.15, -0.1) is 0 Å². The first-order valence-corrected chi connectivity index (χ1v) is 6.91. The molecule has 4 atom stereocenters. The van der Waals surface area contributed by atoms with Gasteiger partial charge >= 0.3 is 0 Å². The summed E-state index contributed by atoms with van der Waals surface area (Å²) >= 11 is 0. The average molecular weight is 232 g/mol. The summed E-state index contributed by atoms with van der Waals surface area (Å²) in [5, 5.41) is 10.4. The Balaban J connectivity index is 2.01. The maximum absolute atomic E-state index is 10.4. The van der Waals surface area contributed by atoms with Crippen molar-refractivity contribution in [3.8, 4) is 0 Å². The predicted molar refractivity (Wildman–Crippen MR) is 71.7 cm³/mol. The molecule has 1 aliphatic rings. The first-order chi connectivity index (χ1) is 8.18. The van der Waals surface area contributed by atoms with Gasteiger partial charge in [0.25, 0.3) is 0 Å². The minimum atomic E-state index is -0.300. The topological polar surface area (TPSA) is 20.2 Å². The molecule has 2 rings (SSSR count). The van der Waals surface area contributed by atoms with E-state index in [2.05, 4.69) is 13.8 Å². The average Bonchev–Trinajstić information content (AvgIpc) is 2.38. The van der Waals surface area contributed by atoms with Crippen LogP contribution in [0.1, 0.15) is 51.2 Å². The minimum absolute atomic E-state index is 0.300. The molecule has 0 aromatic heterocycles. The number of aliphatic hydroxyl groups is 1. The second kappa shape index (κ2) is 5.68. The van der Waals surface area contributed by atoms with Crippen LogP contribution in [0, 0.1) is 17.8 Å². The van der Waals surface area contributed by atoms with E-state index >= 15 is 0 Å². The van der Waals surface area contributed by atoms with E-state index in [1.54, 1.807) is 0 Å². The monoisotopic (exact) mass is 232 g/mol. The molecule has 17 heavy (non-hydrogen) atoms. The van der Waals surface area contributed by atoms with E-state index in [1.165, 1.54) is 25.7 Å². The van der Waals surface area contributed by atoms with Gasteiger partial charge in [0, 0.05) is 0 Å². The van der Waals surface area contributed by atoms with Crippen LogP contribution in [0.2, 0.25) is 0 Å². The first kappa shape index (κ1) is 12.6. The summed E-state index contributed by atoms with van der Waals surface area (Å²) in [6, 6.07) is 10.1. The van der Waals surface area contributed by atoms with Crippen LogP contribution in [0.5, 0.6) is 0 Å². The van der Waals surface area contributed by atoms with Gasteiger partial charge in [-0.1, -0.05) is 63.4 Å². The van der Waals surface area contributed by atoms with Crippen molar-refractivity contribution in [1.29, 1.82) is 0 Å². The Kier molecular flexibility index (Phi) is 4.22. The second-order valence-corrected chi connectivity index (χ2v) is 5.75. The fraction of sp³-hybridized carbons (Fsp3) is 0.625. The van der Waals surface area contributed by atoms with Crippen molar-refractivity contribution in [3.63, 3.8) is 0 Å². The molecule has 0 aliphatic heterocycles. The molecule has 1 aromatic rings. The van der Waals surface area contributed by atoms with Gasteiger partial charge in [-0.3, -0.25) is 0 Å². The van der Waals surface area contributed by atoms with Crippen LogP contribution in [0.4, 0.5) is 0 Å². The number of aliphatic hydroxyl groups excluding tert-OH is 1. The number of rotatable bonds is 3. The highest BCUT2D eigenvalue weighted by atomic mass is 16.3. The molecular weight excluding hydrogens is 208 g/mol. The largest absolute Gasteiger partial charge is 0.388 e. The third-order valence-electron chi connectivity index (χ3n) is 4.36. The van der Waals surface area contributed by atoms with Gasteiger partial charge in [0.1, 0.15) is 0 Å². The molecule has 1 nitrogen and oxygen atoms in total. The Morgan fingerprint density at radius 3 is 2.53 bits per heavy atom. The quantitative estimate of drug-likeness (QED) is 0.828. The molecule has 0 amide bonds. The summed E-state index contributed by atoms with van der Waals surface area (Å²) in [5.41, 5.74) is 1.07. The third kappa shape index (κ3) is 3.10. The zero-order chi connectivity index (χ0) is 12.3. The Bertz CT molecular complexity index is 333. The maximum Gasteiger partial charge on any atom is 0.0818 e. The van der Waals surface area contributed by atoms with Gasteiger partial charge in [0.05, 0.1) is 6.10 Å². The van der Waals surface area contributed by atoms with E-state index in [1.807, 2.05) is 30.3 Å². The Morgan fingerprint density at radius 2 is 1.88 bits per heavy atom. The van der Waals surface area contributed by atoms with Crippen LogP contribution in [-0.4, -0.2) is 5.11 Å². The first-order valence-electron chi connectivity index (χ1n) is 6.91. The third-order valence-corrected chi connectivity index (χ3v) is 4.36. The van der Waals surface area contributed by atoms with Crippen LogP contribution in [-0.2, 0) is 0 Å². The molecule has 0 saturated heterocycles. The highest BCUT2D eigenvalue weighted by Crippen LogP contribution is 2.38. The maximum atomic E-state index is 10.4. The van der Waals surface area contributed by atoms with Crippen molar-refractivity contribution >= 4 is 0 Å². The minimum Gasteiger partial charge on any atom is -0.388 e. The van der Waals surface area contributed by atoms with Gasteiger partial charge < -0.3 is 5.11 Å². The summed E-state index contributed by atoms with van der Waals surface area (Å²) in [6.45, 7) is 4.55. The predicted octanol–water partition coefficient (Wildman–Crippen LogP) is 4.18. The lowest BCUT2D eigenvalue weighted by Gasteiger charge is -2.34. The fourth-order valence-electron chi connectivity index (χ4n) is 3.17. The molecule has 1 N–H and O–H groups in total. The molecule has 1 fully saturated rings. The number of benzene rings is 1. The van der Waals surface area contributed by atoms with E-state index in [0.29, 0.717) is 11.8 Å². The zero-order valence-electron chi connectivity index (χ0n) is 11.0. The van der Waals surface area contributed by atoms with Gasteiger partial charge in [-0.2, -0.15) is 0 Å². The SMILES string of the molecule is CC1CCCC(C(C)C(O)c2ccccc2)C1. The van der Waals surface area contributed by atoms with Crippen molar-refractivity contribution in [2.45, 2.75) is 45.6 Å². The summed E-state index contributed by atoms with van der Waals surface area (Å²) < 4.78 is 0. The van der Waals surface area contributed by atoms with E-state index in [4.69, 9.17) is 0 Å². The molecule has 94 valence electrons. The molecule has 1 heteroatoms. The highest BCUT2D eigenvalue weighted by molar-refractivity contribution is 5.18. The highest BCUT2D eigenvalue weighted by Gasteiger charge is 2.28. The van der Waals surface area contributed by atoms with E-state index in [9.17, 15) is 5.11 Å². The van der Waals surface area contributed by atoms with Gasteiger partial charge in [0.2, 0.25) is 0 Å². The van der Waals surface area contributed by atoms with Crippen molar-refractivity contribution in [2.75, 3.05) is 0 Å². The van der Waals surface area contributed by atoms with E-state index in [0.717, 1.165) is 11.5 Å². The van der Waals surface area contributed by atoms with Gasteiger partial charge in [-0.25, -0.2) is 0 Å². The van der Waals surface area contributed by atoms with Gasteiger partial charge in [-0.05, 0) is 29.7 Å². The van der Waals surface area contributed by atoms with Crippen molar-refractivity contribution in [3.05, 3.63) is 35.9 Å². The lowest BCUT2D eigenvalue weighted by atomic mass is 9.73. The molecule has 1 aromatic carbocycles. The van der Waals surface area contributed by atoms with Crippen LogP contribution in [0.25, 0.3) is 0 Å². The number of hydrogen-bond donors (Lipinski definition) is 1. The van der Waals surface area contributed by atoms with Crippen LogP contribution in [0.3, 0.4) is 0 Å². The van der Waals surface area contributed by atoms with Crippen molar-refractivity contribution in [2.24, 2.45) is 17.8 Å². The van der Waals surface area contributed by atoms with Crippen molar-refractivity contribution < 1.29 is 5.11 Å². The summed E-state index contributed by atoms with van der Waals surface area (Å²) in [7, 11) is 0. The van der Waals surface area contributed by atoms with E-state index < -0.39 is 0 Å². The van der Waals surface area contributed by atoms with Crippen LogP contribution in [0.15, 0.2) is 30.3 Å². The van der Waals surface area contributed by atoms with Crippen LogP contribution < -0.4 is 0 Å². The van der Waals surface area contributed by atoms with Crippen LogP contribution >= 0.6 is 0 Å². The molecule has 0 spiro atoms. The lowest BCUT2D eigenvalue weighted by Crippen LogP contribution is -2.24. The molecule has 1 saturated carbocycles. The second-order valence-electron chi connectivity index (χ2n) is 5.75. The summed E-state index contributed by atoms with van der Waals surface area (Å²) in [4.78, 5) is 0. The zero-order valence-corrected chi connectivity index (χ0v) is 11.0. The normalized spacial score (nSPS) is 28.6. The molecular formula is C16H24O. The van der Waals surface area contributed by atoms with Crippen molar-refractivity contribution in [1.82, 2.24) is 0 Å². The molecule has 0 heterocycles.